The Hall–Kier alpha value is -4.51. The zero-order valence-corrected chi connectivity index (χ0v) is 17.9. The molecule has 8 heteroatoms. The normalized spacial score (nSPS) is 11.2. The molecule has 3 heterocycles. The van der Waals surface area contributed by atoms with Crippen molar-refractivity contribution in [1.29, 1.82) is 10.7 Å². The van der Waals surface area contributed by atoms with Crippen LogP contribution in [0.25, 0.3) is 38.8 Å². The number of imidazole rings is 1. The lowest BCUT2D eigenvalue weighted by Crippen LogP contribution is -2.15. The minimum atomic E-state index is -0.362. The first-order valence-electron chi connectivity index (χ1n) is 10.8. The SMILES string of the molecule is N#Cc1c(-c2c(CCCCC(=N)N)[nH]c3ccccc23)[nH]c(=O)n1-c1c[nH]c2ccccc12. The van der Waals surface area contributed by atoms with Crippen LogP contribution in [0.3, 0.4) is 0 Å². The van der Waals surface area contributed by atoms with Gasteiger partial charge in [-0.1, -0.05) is 36.4 Å². The van der Waals surface area contributed by atoms with Crippen LogP contribution < -0.4 is 11.4 Å². The first-order chi connectivity index (χ1) is 16.1. The number of H-pyrrole nitrogens is 3. The maximum atomic E-state index is 13.1. The van der Waals surface area contributed by atoms with Crippen LogP contribution in [0.1, 0.15) is 30.7 Å². The number of hydrogen-bond acceptors (Lipinski definition) is 3. The molecule has 33 heavy (non-hydrogen) atoms. The van der Waals surface area contributed by atoms with E-state index in [1.165, 1.54) is 4.57 Å². The Morgan fingerprint density at radius 3 is 2.52 bits per heavy atom. The summed E-state index contributed by atoms with van der Waals surface area (Å²) in [6.45, 7) is 0. The molecule has 6 N–H and O–H groups in total. The summed E-state index contributed by atoms with van der Waals surface area (Å²) in [4.78, 5) is 22.7. The molecule has 0 amide bonds. The maximum absolute atomic E-state index is 13.1. The van der Waals surface area contributed by atoms with Crippen LogP contribution in [0.15, 0.2) is 59.5 Å². The third kappa shape index (κ3) is 3.49. The molecule has 5 rings (SSSR count). The van der Waals surface area contributed by atoms with Crippen molar-refractivity contribution in [3.05, 3.63) is 76.6 Å². The molecule has 2 aromatic carbocycles. The molecule has 8 nitrogen and oxygen atoms in total. The first kappa shape index (κ1) is 20.4. The van der Waals surface area contributed by atoms with Crippen molar-refractivity contribution in [3.63, 3.8) is 0 Å². The smallest absolute Gasteiger partial charge is 0.331 e. The lowest BCUT2D eigenvalue weighted by molar-refractivity contribution is 0.749. The number of nitriles is 1. The maximum Gasteiger partial charge on any atom is 0.331 e. The molecule has 0 aliphatic rings. The Labute approximate surface area is 189 Å². The molecule has 164 valence electrons. The molecule has 0 spiro atoms. The molecule has 0 unspecified atom stereocenters. The highest BCUT2D eigenvalue weighted by Crippen LogP contribution is 2.35. The summed E-state index contributed by atoms with van der Waals surface area (Å²) < 4.78 is 1.44. The molecule has 0 atom stereocenters. The number of para-hydroxylation sites is 2. The zero-order chi connectivity index (χ0) is 22.9. The number of hydrogen-bond donors (Lipinski definition) is 5. The summed E-state index contributed by atoms with van der Waals surface area (Å²) in [5.74, 6) is 0.179. The number of nitrogens with two attached hydrogens (primary N) is 1. The van der Waals surface area contributed by atoms with Crippen LogP contribution in [0, 0.1) is 16.7 Å². The molecule has 0 aliphatic carbocycles. The number of aromatic amines is 3. The quantitative estimate of drug-likeness (QED) is 0.147. The highest BCUT2D eigenvalue weighted by molar-refractivity contribution is 5.98. The number of fused-ring (bicyclic) bond motifs is 2. The Morgan fingerprint density at radius 1 is 1.03 bits per heavy atom. The van der Waals surface area contributed by atoms with Crippen LogP contribution in [-0.2, 0) is 6.42 Å². The molecule has 0 fully saturated rings. The molecular weight excluding hydrogens is 414 g/mol. The van der Waals surface area contributed by atoms with Gasteiger partial charge in [0, 0.05) is 45.7 Å². The van der Waals surface area contributed by atoms with Gasteiger partial charge in [-0.25, -0.2) is 9.36 Å². The van der Waals surface area contributed by atoms with Gasteiger partial charge >= 0.3 is 5.69 Å². The van der Waals surface area contributed by atoms with E-state index >= 15 is 0 Å². The minimum Gasteiger partial charge on any atom is -0.388 e. The van der Waals surface area contributed by atoms with E-state index in [1.807, 2.05) is 48.5 Å². The average Bonchev–Trinajstić information content (AvgIpc) is 3.48. The summed E-state index contributed by atoms with van der Waals surface area (Å²) in [7, 11) is 0. The van der Waals surface area contributed by atoms with Crippen molar-refractivity contribution in [3.8, 4) is 23.0 Å². The molecule has 0 saturated carbocycles. The molecule has 0 saturated heterocycles. The predicted octanol–water partition coefficient (Wildman–Crippen LogP) is 4.32. The van der Waals surface area contributed by atoms with Crippen molar-refractivity contribution < 1.29 is 0 Å². The fourth-order valence-corrected chi connectivity index (χ4v) is 4.48. The lowest BCUT2D eigenvalue weighted by atomic mass is 10.0. The number of amidine groups is 1. The number of nitrogens with one attached hydrogen (secondary N) is 4. The number of aromatic nitrogens is 4. The van der Waals surface area contributed by atoms with E-state index in [4.69, 9.17) is 11.1 Å². The molecule has 0 aliphatic heterocycles. The van der Waals surface area contributed by atoms with Crippen molar-refractivity contribution in [2.45, 2.75) is 25.7 Å². The lowest BCUT2D eigenvalue weighted by Gasteiger charge is -2.06. The van der Waals surface area contributed by atoms with E-state index in [9.17, 15) is 10.1 Å². The third-order valence-electron chi connectivity index (χ3n) is 5.97. The molecule has 0 radical (unpaired) electrons. The fraction of sp³-hybridized carbons (Fsp3) is 0.160. The highest BCUT2D eigenvalue weighted by atomic mass is 16.1. The summed E-state index contributed by atoms with van der Waals surface area (Å²) >= 11 is 0. The van der Waals surface area contributed by atoms with E-state index in [-0.39, 0.29) is 17.2 Å². The van der Waals surface area contributed by atoms with Crippen LogP contribution >= 0.6 is 0 Å². The third-order valence-corrected chi connectivity index (χ3v) is 5.97. The summed E-state index contributed by atoms with van der Waals surface area (Å²) in [5, 5.41) is 19.4. The van der Waals surface area contributed by atoms with Crippen LogP contribution in [-0.4, -0.2) is 25.4 Å². The number of unbranched alkanes of at least 4 members (excludes halogenated alkanes) is 1. The summed E-state index contributed by atoms with van der Waals surface area (Å²) in [6.07, 6.45) is 4.63. The number of aryl methyl sites for hydroxylation is 1. The second kappa shape index (κ2) is 8.20. The van der Waals surface area contributed by atoms with E-state index in [0.717, 1.165) is 45.9 Å². The van der Waals surface area contributed by atoms with Gasteiger partial charge in [-0.2, -0.15) is 5.26 Å². The van der Waals surface area contributed by atoms with Gasteiger partial charge in [0.05, 0.1) is 17.2 Å². The first-order valence-corrected chi connectivity index (χ1v) is 10.8. The second-order valence-corrected chi connectivity index (χ2v) is 8.08. The Kier molecular flexibility index (Phi) is 5.07. The van der Waals surface area contributed by atoms with Gasteiger partial charge in [-0.05, 0) is 31.4 Å². The van der Waals surface area contributed by atoms with Gasteiger partial charge in [0.15, 0.2) is 5.69 Å². The predicted molar refractivity (Wildman–Crippen MR) is 130 cm³/mol. The second-order valence-electron chi connectivity index (χ2n) is 8.08. The molecule has 5 aromatic rings. The molecular formula is C25H23N7O. The monoisotopic (exact) mass is 437 g/mol. The van der Waals surface area contributed by atoms with Gasteiger partial charge in [0.2, 0.25) is 0 Å². The van der Waals surface area contributed by atoms with Gasteiger partial charge in [-0.15, -0.1) is 0 Å². The van der Waals surface area contributed by atoms with Crippen LogP contribution in [0.5, 0.6) is 0 Å². The fourth-order valence-electron chi connectivity index (χ4n) is 4.48. The average molecular weight is 438 g/mol. The van der Waals surface area contributed by atoms with Gasteiger partial charge in [0.1, 0.15) is 6.07 Å². The van der Waals surface area contributed by atoms with E-state index in [0.29, 0.717) is 24.2 Å². The summed E-state index contributed by atoms with van der Waals surface area (Å²) in [6, 6.07) is 17.8. The molecule has 0 bridgehead atoms. The highest BCUT2D eigenvalue weighted by Gasteiger charge is 2.23. The summed E-state index contributed by atoms with van der Waals surface area (Å²) in [5.41, 5.74) is 10.2. The topological polar surface area (TPSA) is 143 Å². The van der Waals surface area contributed by atoms with Crippen molar-refractivity contribution in [1.82, 2.24) is 19.5 Å². The van der Waals surface area contributed by atoms with Crippen LogP contribution in [0.4, 0.5) is 0 Å². The van der Waals surface area contributed by atoms with Gasteiger partial charge < -0.3 is 20.7 Å². The molecule has 3 aromatic heterocycles. The van der Waals surface area contributed by atoms with E-state index in [2.05, 4.69) is 21.0 Å². The number of rotatable bonds is 7. The Morgan fingerprint density at radius 2 is 1.76 bits per heavy atom. The van der Waals surface area contributed by atoms with Crippen molar-refractivity contribution in [2.24, 2.45) is 5.73 Å². The number of nitrogens with zero attached hydrogens (tertiary/aromatic N) is 2. The standard InChI is InChI=1S/C25H23N7O/c26-13-20-24(31-25(33)32(20)21-14-29-17-9-3-1-7-15(17)21)23-16-8-2-4-10-18(16)30-19(23)11-5-6-12-22(27)28/h1-4,7-10,14,29-30H,5-6,11-12H2,(H3,27,28)(H,31,33). The van der Waals surface area contributed by atoms with Gasteiger partial charge in [-0.3, -0.25) is 5.41 Å². The van der Waals surface area contributed by atoms with Crippen molar-refractivity contribution >= 4 is 27.6 Å². The zero-order valence-electron chi connectivity index (χ0n) is 17.9. The van der Waals surface area contributed by atoms with Crippen LogP contribution in [0.2, 0.25) is 0 Å². The minimum absolute atomic E-state index is 0.179. The van der Waals surface area contributed by atoms with E-state index in [1.54, 1.807) is 6.20 Å². The van der Waals surface area contributed by atoms with Crippen molar-refractivity contribution in [2.75, 3.05) is 0 Å². The van der Waals surface area contributed by atoms with Gasteiger partial charge in [0.25, 0.3) is 0 Å². The number of benzene rings is 2. The Balaban J connectivity index is 1.67. The largest absolute Gasteiger partial charge is 0.388 e. The van der Waals surface area contributed by atoms with E-state index < -0.39 is 0 Å². The Bertz CT molecular complexity index is 1590.